The molecule has 0 fully saturated rings. The Morgan fingerprint density at radius 3 is 2.38 bits per heavy atom. The van der Waals surface area contributed by atoms with Crippen molar-refractivity contribution in [1.29, 1.82) is 0 Å². The van der Waals surface area contributed by atoms with Gasteiger partial charge in [0.1, 0.15) is 0 Å². The van der Waals surface area contributed by atoms with Gasteiger partial charge in [0, 0.05) is 6.04 Å². The maximum atomic E-state index is 10.9. The molecular formula is C19H25NO. The maximum absolute atomic E-state index is 10.9. The number of hydrogen-bond donors (Lipinski definition) is 1. The fourth-order valence-corrected chi connectivity index (χ4v) is 3.76. The summed E-state index contributed by atoms with van der Waals surface area (Å²) >= 11 is 0. The van der Waals surface area contributed by atoms with E-state index in [2.05, 4.69) is 55.1 Å². The molecule has 0 saturated heterocycles. The summed E-state index contributed by atoms with van der Waals surface area (Å²) in [6.07, 6.45) is 2.85. The Kier molecular flexibility index (Phi) is 4.27. The van der Waals surface area contributed by atoms with Gasteiger partial charge in [0.05, 0.1) is 6.10 Å². The molecule has 1 N–H and O–H groups in total. The van der Waals surface area contributed by atoms with Crippen LogP contribution in [0.3, 0.4) is 0 Å². The van der Waals surface area contributed by atoms with Gasteiger partial charge in [-0.1, -0.05) is 50.2 Å². The van der Waals surface area contributed by atoms with Crippen LogP contribution in [-0.2, 0) is 6.42 Å². The molecule has 0 amide bonds. The Hall–Kier alpha value is -1.38. The van der Waals surface area contributed by atoms with Gasteiger partial charge >= 0.3 is 0 Å². The highest BCUT2D eigenvalue weighted by atomic mass is 16.3. The number of rotatable bonds is 5. The van der Waals surface area contributed by atoms with Crippen LogP contribution in [0.15, 0.2) is 36.4 Å². The molecule has 0 aliphatic heterocycles. The van der Waals surface area contributed by atoms with E-state index in [1.165, 1.54) is 16.3 Å². The van der Waals surface area contributed by atoms with Gasteiger partial charge in [-0.15, -0.1) is 0 Å². The van der Waals surface area contributed by atoms with Crippen molar-refractivity contribution in [1.82, 2.24) is 4.90 Å². The van der Waals surface area contributed by atoms with Crippen molar-refractivity contribution >= 4 is 10.8 Å². The zero-order chi connectivity index (χ0) is 14.8. The van der Waals surface area contributed by atoms with Gasteiger partial charge < -0.3 is 5.11 Å². The Bertz CT molecular complexity index is 611. The van der Waals surface area contributed by atoms with E-state index >= 15 is 0 Å². The summed E-state index contributed by atoms with van der Waals surface area (Å²) in [5.74, 6) is 0. The lowest BCUT2D eigenvalue weighted by Gasteiger charge is -2.38. The minimum absolute atomic E-state index is 0.213. The predicted octanol–water partition coefficient (Wildman–Crippen LogP) is 3.92. The van der Waals surface area contributed by atoms with Gasteiger partial charge in [-0.2, -0.15) is 0 Å². The SMILES string of the molecule is CCCN(CCC)C1Cc2cccc3cccc(c23)C1O. The number of benzene rings is 2. The number of aliphatic hydroxyl groups is 1. The van der Waals surface area contributed by atoms with Crippen LogP contribution in [0.1, 0.15) is 43.9 Å². The van der Waals surface area contributed by atoms with Crippen molar-refractivity contribution in [3.05, 3.63) is 47.5 Å². The smallest absolute Gasteiger partial charge is 0.0954 e. The standard InChI is InChI=1S/C19H25NO/c1-3-11-20(12-4-2)17-13-15-9-5-7-14-8-6-10-16(18(14)15)19(17)21/h5-10,17,19,21H,3-4,11-13H2,1-2H3. The molecule has 0 saturated carbocycles. The molecule has 0 bridgehead atoms. The van der Waals surface area contributed by atoms with Crippen LogP contribution in [-0.4, -0.2) is 29.1 Å². The van der Waals surface area contributed by atoms with Crippen molar-refractivity contribution in [3.63, 3.8) is 0 Å². The Labute approximate surface area is 127 Å². The van der Waals surface area contributed by atoms with Crippen molar-refractivity contribution in [2.24, 2.45) is 0 Å². The molecule has 3 rings (SSSR count). The lowest BCUT2D eigenvalue weighted by atomic mass is 9.83. The van der Waals surface area contributed by atoms with E-state index in [4.69, 9.17) is 0 Å². The van der Waals surface area contributed by atoms with Crippen LogP contribution in [0.2, 0.25) is 0 Å². The van der Waals surface area contributed by atoms with E-state index in [9.17, 15) is 5.11 Å². The summed E-state index contributed by atoms with van der Waals surface area (Å²) in [6.45, 7) is 6.56. The van der Waals surface area contributed by atoms with Gasteiger partial charge in [-0.3, -0.25) is 4.90 Å². The van der Waals surface area contributed by atoms with E-state index in [0.29, 0.717) is 0 Å². The topological polar surface area (TPSA) is 23.5 Å². The first-order chi connectivity index (χ1) is 10.3. The summed E-state index contributed by atoms with van der Waals surface area (Å²) in [5.41, 5.74) is 2.49. The Balaban J connectivity index is 2.02. The molecule has 0 radical (unpaired) electrons. The largest absolute Gasteiger partial charge is 0.387 e. The zero-order valence-corrected chi connectivity index (χ0v) is 13.0. The molecule has 0 spiro atoms. The summed E-state index contributed by atoms with van der Waals surface area (Å²) in [7, 11) is 0. The number of hydrogen-bond acceptors (Lipinski definition) is 2. The average molecular weight is 283 g/mol. The molecule has 112 valence electrons. The molecule has 1 aliphatic carbocycles. The fourth-order valence-electron chi connectivity index (χ4n) is 3.76. The van der Waals surface area contributed by atoms with Crippen LogP contribution < -0.4 is 0 Å². The van der Waals surface area contributed by atoms with E-state index < -0.39 is 0 Å². The summed E-state index contributed by atoms with van der Waals surface area (Å²) in [4.78, 5) is 2.47. The predicted molar refractivity (Wildman–Crippen MR) is 88.6 cm³/mol. The summed E-state index contributed by atoms with van der Waals surface area (Å²) < 4.78 is 0. The lowest BCUT2D eigenvalue weighted by molar-refractivity contribution is 0.0459. The fraction of sp³-hybridized carbons (Fsp3) is 0.474. The molecule has 2 atom stereocenters. The van der Waals surface area contributed by atoms with E-state index in [-0.39, 0.29) is 12.1 Å². The van der Waals surface area contributed by atoms with Crippen LogP contribution in [0, 0.1) is 0 Å². The molecule has 0 heterocycles. The molecule has 2 unspecified atom stereocenters. The Morgan fingerprint density at radius 2 is 1.71 bits per heavy atom. The quantitative estimate of drug-likeness (QED) is 0.899. The highest BCUT2D eigenvalue weighted by Crippen LogP contribution is 2.37. The van der Waals surface area contributed by atoms with Crippen LogP contribution in [0.25, 0.3) is 10.8 Å². The van der Waals surface area contributed by atoms with Gasteiger partial charge in [-0.05, 0) is 54.3 Å². The second kappa shape index (κ2) is 6.17. The molecule has 2 aromatic rings. The third kappa shape index (κ3) is 2.58. The van der Waals surface area contributed by atoms with Crippen molar-refractivity contribution in [2.45, 2.75) is 45.3 Å². The third-order valence-corrected chi connectivity index (χ3v) is 4.63. The van der Waals surface area contributed by atoms with Gasteiger partial charge in [0.2, 0.25) is 0 Å². The molecule has 0 aromatic heterocycles. The Morgan fingerprint density at radius 1 is 1.05 bits per heavy atom. The first-order valence-electron chi connectivity index (χ1n) is 8.18. The van der Waals surface area contributed by atoms with Gasteiger partial charge in [0.15, 0.2) is 0 Å². The van der Waals surface area contributed by atoms with Gasteiger partial charge in [0.25, 0.3) is 0 Å². The molecule has 1 aliphatic rings. The van der Waals surface area contributed by atoms with E-state index in [0.717, 1.165) is 37.9 Å². The second-order valence-electron chi connectivity index (χ2n) is 6.11. The summed E-state index contributed by atoms with van der Waals surface area (Å²) in [5, 5.41) is 13.4. The normalized spacial score (nSPS) is 21.1. The number of aliphatic hydroxyl groups excluding tert-OH is 1. The highest BCUT2D eigenvalue weighted by molar-refractivity contribution is 5.90. The molecular weight excluding hydrogens is 258 g/mol. The van der Waals surface area contributed by atoms with Crippen molar-refractivity contribution < 1.29 is 5.11 Å². The minimum atomic E-state index is -0.373. The third-order valence-electron chi connectivity index (χ3n) is 4.63. The maximum Gasteiger partial charge on any atom is 0.0954 e. The number of nitrogens with zero attached hydrogens (tertiary/aromatic N) is 1. The molecule has 2 nitrogen and oxygen atoms in total. The van der Waals surface area contributed by atoms with Crippen LogP contribution in [0.4, 0.5) is 0 Å². The minimum Gasteiger partial charge on any atom is -0.387 e. The van der Waals surface area contributed by atoms with Gasteiger partial charge in [-0.25, -0.2) is 0 Å². The molecule has 2 aromatic carbocycles. The second-order valence-corrected chi connectivity index (χ2v) is 6.11. The lowest BCUT2D eigenvalue weighted by Crippen LogP contribution is -2.43. The highest BCUT2D eigenvalue weighted by Gasteiger charge is 2.32. The van der Waals surface area contributed by atoms with Crippen LogP contribution in [0.5, 0.6) is 0 Å². The average Bonchev–Trinajstić information content (AvgIpc) is 2.51. The zero-order valence-electron chi connectivity index (χ0n) is 13.0. The van der Waals surface area contributed by atoms with E-state index in [1.807, 2.05) is 0 Å². The van der Waals surface area contributed by atoms with E-state index in [1.54, 1.807) is 0 Å². The first-order valence-corrected chi connectivity index (χ1v) is 8.18. The first kappa shape index (κ1) is 14.6. The van der Waals surface area contributed by atoms with Crippen molar-refractivity contribution in [2.75, 3.05) is 13.1 Å². The summed E-state index contributed by atoms with van der Waals surface area (Å²) in [6, 6.07) is 13.0. The van der Waals surface area contributed by atoms with Crippen molar-refractivity contribution in [3.8, 4) is 0 Å². The van der Waals surface area contributed by atoms with Crippen LogP contribution >= 0.6 is 0 Å². The molecule has 2 heteroatoms. The molecule has 21 heavy (non-hydrogen) atoms. The monoisotopic (exact) mass is 283 g/mol.